The second-order valence-corrected chi connectivity index (χ2v) is 2.69. The van der Waals surface area contributed by atoms with Crippen LogP contribution in [0.5, 0.6) is 5.75 Å². The Hall–Kier alpha value is -2.13. The highest BCUT2D eigenvalue weighted by atomic mass is 16.6. The summed E-state index contributed by atoms with van der Waals surface area (Å²) in [5, 5.41) is 19.7. The number of rotatable bonds is 2. The van der Waals surface area contributed by atoms with E-state index in [1.54, 1.807) is 5.94 Å². The predicted molar refractivity (Wildman–Crippen MR) is 49.5 cm³/mol. The number of allylic oxidation sites excluding steroid dienone is 1. The molecule has 1 N–H and O–H groups in total. The molecule has 0 aliphatic carbocycles. The molecule has 0 fully saturated rings. The zero-order chi connectivity index (χ0) is 10.7. The summed E-state index contributed by atoms with van der Waals surface area (Å²) in [7, 11) is 0. The topological polar surface area (TPSA) is 80.4 Å². The van der Waals surface area contributed by atoms with Crippen molar-refractivity contribution < 1.29 is 14.8 Å². The Balaban J connectivity index is 3.35. The van der Waals surface area contributed by atoms with Crippen LogP contribution in [0.4, 0.5) is 5.69 Å². The van der Waals surface area contributed by atoms with E-state index in [-0.39, 0.29) is 22.6 Å². The van der Waals surface area contributed by atoms with Crippen molar-refractivity contribution in [2.24, 2.45) is 0 Å². The molecule has 5 nitrogen and oxygen atoms in total. The lowest BCUT2D eigenvalue weighted by atomic mass is 10.1. The van der Waals surface area contributed by atoms with Crippen LogP contribution >= 0.6 is 0 Å². The highest BCUT2D eigenvalue weighted by Crippen LogP contribution is 2.27. The monoisotopic (exact) mass is 193 g/mol. The molecule has 0 spiro atoms. The summed E-state index contributed by atoms with van der Waals surface area (Å²) < 4.78 is 0. The first-order chi connectivity index (χ1) is 6.56. The van der Waals surface area contributed by atoms with Crippen LogP contribution < -0.4 is 0 Å². The Morgan fingerprint density at radius 3 is 2.71 bits per heavy atom. The van der Waals surface area contributed by atoms with Crippen molar-refractivity contribution in [2.75, 3.05) is 0 Å². The van der Waals surface area contributed by atoms with Gasteiger partial charge in [0, 0.05) is 23.3 Å². The summed E-state index contributed by atoms with van der Waals surface area (Å²) in [5.74, 6) is 1.40. The van der Waals surface area contributed by atoms with Crippen LogP contribution in [0.25, 0.3) is 5.57 Å². The lowest BCUT2D eigenvalue weighted by Gasteiger charge is -2.00. The molecule has 1 rings (SSSR count). The van der Waals surface area contributed by atoms with Crippen molar-refractivity contribution in [3.63, 3.8) is 0 Å². The van der Waals surface area contributed by atoms with E-state index in [0.29, 0.717) is 0 Å². The molecule has 72 valence electrons. The van der Waals surface area contributed by atoms with Crippen molar-refractivity contribution >= 4 is 17.2 Å². The molecule has 1 aromatic carbocycles. The third-order valence-electron chi connectivity index (χ3n) is 1.75. The Kier molecular flexibility index (Phi) is 2.65. The molecule has 1 aromatic rings. The fraction of sp³-hybridized carbons (Fsp3) is 0.111. The van der Waals surface area contributed by atoms with Crippen LogP contribution in [0.1, 0.15) is 12.5 Å². The van der Waals surface area contributed by atoms with E-state index in [4.69, 9.17) is 0 Å². The number of nitrogens with zero attached hydrogens (tertiary/aromatic N) is 1. The zero-order valence-corrected chi connectivity index (χ0v) is 7.35. The standard InChI is InChI=1S/C9H7NO4/c1-6(5-11)8-4-7(10(13)14)2-3-9(8)12/h2-4,12H,1H3. The van der Waals surface area contributed by atoms with Gasteiger partial charge in [0.25, 0.3) is 5.69 Å². The van der Waals surface area contributed by atoms with Gasteiger partial charge >= 0.3 is 0 Å². The van der Waals surface area contributed by atoms with Crippen molar-refractivity contribution in [2.45, 2.75) is 6.92 Å². The first kappa shape index (κ1) is 9.95. The molecular weight excluding hydrogens is 186 g/mol. The van der Waals surface area contributed by atoms with Crippen molar-refractivity contribution in [1.82, 2.24) is 0 Å². The van der Waals surface area contributed by atoms with Crippen LogP contribution in [0.3, 0.4) is 0 Å². The summed E-state index contributed by atoms with van der Waals surface area (Å²) in [6.07, 6.45) is 0. The lowest BCUT2D eigenvalue weighted by Crippen LogP contribution is -1.90. The first-order valence-corrected chi connectivity index (χ1v) is 3.75. The largest absolute Gasteiger partial charge is 0.507 e. The van der Waals surface area contributed by atoms with Crippen LogP contribution in [0, 0.1) is 10.1 Å². The molecule has 0 bridgehead atoms. The van der Waals surface area contributed by atoms with E-state index in [0.717, 1.165) is 12.1 Å². The van der Waals surface area contributed by atoms with Crippen LogP contribution in [-0.4, -0.2) is 16.0 Å². The summed E-state index contributed by atoms with van der Waals surface area (Å²) in [4.78, 5) is 20.1. The highest BCUT2D eigenvalue weighted by Gasteiger charge is 2.11. The van der Waals surface area contributed by atoms with E-state index in [9.17, 15) is 20.0 Å². The third-order valence-corrected chi connectivity index (χ3v) is 1.75. The van der Waals surface area contributed by atoms with Gasteiger partial charge in [0.05, 0.1) is 4.92 Å². The number of hydrogen-bond donors (Lipinski definition) is 1. The van der Waals surface area contributed by atoms with E-state index >= 15 is 0 Å². The number of aromatic hydroxyl groups is 1. The summed E-state index contributed by atoms with van der Waals surface area (Å²) >= 11 is 0. The van der Waals surface area contributed by atoms with Crippen LogP contribution in [0.2, 0.25) is 0 Å². The van der Waals surface area contributed by atoms with Gasteiger partial charge in [0.1, 0.15) is 11.7 Å². The molecule has 0 heterocycles. The minimum Gasteiger partial charge on any atom is -0.507 e. The molecule has 0 aromatic heterocycles. The van der Waals surface area contributed by atoms with Crippen LogP contribution in [0.15, 0.2) is 18.2 Å². The quantitative estimate of drug-likeness (QED) is 0.438. The van der Waals surface area contributed by atoms with Gasteiger partial charge in [-0.05, 0) is 13.0 Å². The Labute approximate surface area is 79.4 Å². The molecule has 5 heteroatoms. The van der Waals surface area contributed by atoms with Gasteiger partial charge in [-0.15, -0.1) is 0 Å². The summed E-state index contributed by atoms with van der Waals surface area (Å²) in [5.41, 5.74) is 0.0906. The fourth-order valence-electron chi connectivity index (χ4n) is 0.993. The minimum atomic E-state index is -0.596. The smallest absolute Gasteiger partial charge is 0.270 e. The van der Waals surface area contributed by atoms with Crippen molar-refractivity contribution in [1.29, 1.82) is 0 Å². The molecule has 0 amide bonds. The Bertz CT molecular complexity index is 432. The first-order valence-electron chi connectivity index (χ1n) is 3.75. The summed E-state index contributed by atoms with van der Waals surface area (Å²) in [6, 6.07) is 3.47. The predicted octanol–water partition coefficient (Wildman–Crippen LogP) is 1.54. The number of non-ortho nitro benzene ring substituents is 1. The van der Waals surface area contributed by atoms with Gasteiger partial charge in [0.2, 0.25) is 0 Å². The maximum absolute atomic E-state index is 10.4. The van der Waals surface area contributed by atoms with Gasteiger partial charge in [-0.1, -0.05) is 0 Å². The average Bonchev–Trinajstić information content (AvgIpc) is 2.17. The van der Waals surface area contributed by atoms with Gasteiger partial charge in [0.15, 0.2) is 0 Å². The van der Waals surface area contributed by atoms with E-state index in [1.807, 2.05) is 0 Å². The molecule has 0 aliphatic rings. The maximum Gasteiger partial charge on any atom is 0.270 e. The third kappa shape index (κ3) is 1.78. The number of phenolic OH excluding ortho intramolecular Hbond substituents is 1. The number of nitro benzene ring substituents is 1. The van der Waals surface area contributed by atoms with Gasteiger partial charge in [-0.2, -0.15) is 0 Å². The van der Waals surface area contributed by atoms with E-state index in [2.05, 4.69) is 0 Å². The molecule has 14 heavy (non-hydrogen) atoms. The number of hydrogen-bond acceptors (Lipinski definition) is 4. The lowest BCUT2D eigenvalue weighted by molar-refractivity contribution is -0.384. The summed E-state index contributed by atoms with van der Waals surface area (Å²) in [6.45, 7) is 1.42. The highest BCUT2D eigenvalue weighted by molar-refractivity contribution is 5.88. The zero-order valence-electron chi connectivity index (χ0n) is 7.35. The molecular formula is C9H7NO4. The van der Waals surface area contributed by atoms with Gasteiger partial charge < -0.3 is 5.11 Å². The second kappa shape index (κ2) is 3.72. The van der Waals surface area contributed by atoms with Crippen LogP contribution in [-0.2, 0) is 4.79 Å². The molecule has 0 radical (unpaired) electrons. The fourth-order valence-corrected chi connectivity index (χ4v) is 0.993. The van der Waals surface area contributed by atoms with Gasteiger partial charge in [-0.25, -0.2) is 4.79 Å². The number of phenols is 1. The number of nitro groups is 1. The SMILES string of the molecule is CC(=C=O)c1cc([N+](=O)[O-])ccc1O. The maximum atomic E-state index is 10.4. The van der Waals surface area contributed by atoms with E-state index < -0.39 is 4.92 Å². The molecule has 0 saturated heterocycles. The van der Waals surface area contributed by atoms with Crippen molar-refractivity contribution in [3.05, 3.63) is 33.9 Å². The average molecular weight is 193 g/mol. The molecule has 0 saturated carbocycles. The van der Waals surface area contributed by atoms with Crippen molar-refractivity contribution in [3.8, 4) is 5.75 Å². The normalized spacial score (nSPS) is 9.21. The molecule has 0 unspecified atom stereocenters. The Morgan fingerprint density at radius 1 is 1.57 bits per heavy atom. The molecule has 0 aliphatic heterocycles. The number of carbonyl (C=O) groups excluding carboxylic acids is 1. The number of benzene rings is 1. The Morgan fingerprint density at radius 2 is 2.21 bits per heavy atom. The molecule has 0 atom stereocenters. The minimum absolute atomic E-state index is 0.131. The van der Waals surface area contributed by atoms with Gasteiger partial charge in [-0.3, -0.25) is 10.1 Å². The second-order valence-electron chi connectivity index (χ2n) is 2.69. The van der Waals surface area contributed by atoms with E-state index in [1.165, 1.54) is 13.0 Å².